The molecular weight excluding hydrogens is 282 g/mol. The summed E-state index contributed by atoms with van der Waals surface area (Å²) >= 11 is 1.65. The van der Waals surface area contributed by atoms with Gasteiger partial charge in [-0.2, -0.15) is 5.10 Å². The summed E-state index contributed by atoms with van der Waals surface area (Å²) in [6.45, 7) is 0. The molecule has 0 atom stereocenters. The van der Waals surface area contributed by atoms with Crippen molar-refractivity contribution in [1.29, 1.82) is 0 Å². The number of aliphatic imine (C=N–C) groups is 1. The van der Waals surface area contributed by atoms with Crippen LogP contribution in [-0.2, 0) is 0 Å². The molecule has 0 amide bonds. The van der Waals surface area contributed by atoms with E-state index in [1.807, 2.05) is 54.6 Å². The highest BCUT2D eigenvalue weighted by atomic mass is 32.2. The van der Waals surface area contributed by atoms with Gasteiger partial charge in [0.1, 0.15) is 5.75 Å². The molecule has 0 saturated heterocycles. The van der Waals surface area contributed by atoms with Crippen LogP contribution in [0.2, 0.25) is 0 Å². The predicted octanol–water partition coefficient (Wildman–Crippen LogP) is 3.42. The second-order valence-corrected chi connectivity index (χ2v) is 5.40. The smallest absolute Gasteiger partial charge is 0.182 e. The predicted molar refractivity (Wildman–Crippen MR) is 88.7 cm³/mol. The highest BCUT2D eigenvalue weighted by Gasteiger charge is 2.13. The van der Waals surface area contributed by atoms with Crippen molar-refractivity contribution < 1.29 is 4.74 Å². The van der Waals surface area contributed by atoms with Gasteiger partial charge in [-0.05, 0) is 42.0 Å². The number of nitrogens with one attached hydrogen (secondary N) is 1. The molecule has 1 aliphatic rings. The van der Waals surface area contributed by atoms with Crippen molar-refractivity contribution in [2.24, 2.45) is 10.1 Å². The summed E-state index contributed by atoms with van der Waals surface area (Å²) in [7, 11) is 1.66. The maximum absolute atomic E-state index is 5.16. The van der Waals surface area contributed by atoms with Gasteiger partial charge < -0.3 is 4.74 Å². The van der Waals surface area contributed by atoms with E-state index in [2.05, 4.69) is 15.5 Å². The van der Waals surface area contributed by atoms with Gasteiger partial charge in [0.2, 0.25) is 0 Å². The van der Waals surface area contributed by atoms with Crippen LogP contribution >= 0.6 is 11.8 Å². The minimum absolute atomic E-state index is 0.797. The van der Waals surface area contributed by atoms with E-state index in [1.165, 1.54) is 0 Å². The summed E-state index contributed by atoms with van der Waals surface area (Å²) in [5.41, 5.74) is 6.04. The van der Waals surface area contributed by atoms with Crippen molar-refractivity contribution >= 4 is 28.3 Å². The minimum atomic E-state index is 0.797. The van der Waals surface area contributed by atoms with Crippen LogP contribution in [0.25, 0.3) is 0 Å². The minimum Gasteiger partial charge on any atom is -0.497 e. The number of hydrazone groups is 1. The Morgan fingerprint density at radius 3 is 2.48 bits per heavy atom. The van der Waals surface area contributed by atoms with E-state index in [-0.39, 0.29) is 0 Å². The molecule has 0 bridgehead atoms. The largest absolute Gasteiger partial charge is 0.497 e. The topological polar surface area (TPSA) is 46.0 Å². The number of methoxy groups -OCH3 is 1. The Bertz CT molecular complexity index is 666. The zero-order valence-electron chi connectivity index (χ0n) is 11.6. The van der Waals surface area contributed by atoms with Crippen LogP contribution in [0.5, 0.6) is 5.75 Å². The van der Waals surface area contributed by atoms with E-state index in [9.17, 15) is 0 Å². The van der Waals surface area contributed by atoms with E-state index in [0.717, 1.165) is 33.6 Å². The number of benzene rings is 2. The van der Waals surface area contributed by atoms with Gasteiger partial charge in [0.15, 0.2) is 5.17 Å². The van der Waals surface area contributed by atoms with Crippen LogP contribution < -0.4 is 10.2 Å². The van der Waals surface area contributed by atoms with E-state index < -0.39 is 0 Å². The molecular formula is C16H15N3OS. The summed E-state index contributed by atoms with van der Waals surface area (Å²) in [4.78, 5) is 4.51. The average Bonchev–Trinajstić information content (AvgIpc) is 2.57. The lowest BCUT2D eigenvalue weighted by molar-refractivity contribution is 0.415. The number of amidine groups is 1. The van der Waals surface area contributed by atoms with E-state index >= 15 is 0 Å². The lowest BCUT2D eigenvalue weighted by atomic mass is 10.1. The molecule has 2 aromatic rings. The SMILES string of the molecule is COc1ccc(C2=NNC(=Nc3ccccc3)SC2)cc1. The first kappa shape index (κ1) is 13.7. The van der Waals surface area contributed by atoms with Crippen LogP contribution in [0.1, 0.15) is 5.56 Å². The molecule has 0 aromatic heterocycles. The molecule has 1 heterocycles. The molecule has 3 rings (SSSR count). The Kier molecular flexibility index (Phi) is 4.21. The third-order valence-corrected chi connectivity index (χ3v) is 3.92. The van der Waals surface area contributed by atoms with Crippen molar-refractivity contribution in [3.8, 4) is 5.75 Å². The van der Waals surface area contributed by atoms with Crippen molar-refractivity contribution in [2.45, 2.75) is 0 Å². The first-order chi connectivity index (χ1) is 10.3. The Balaban J connectivity index is 1.73. The van der Waals surface area contributed by atoms with Gasteiger partial charge in [-0.1, -0.05) is 30.0 Å². The molecule has 106 valence electrons. The fourth-order valence-corrected chi connectivity index (χ4v) is 2.71. The van der Waals surface area contributed by atoms with Crippen LogP contribution in [0.15, 0.2) is 64.7 Å². The molecule has 21 heavy (non-hydrogen) atoms. The van der Waals surface area contributed by atoms with Gasteiger partial charge in [-0.25, -0.2) is 4.99 Å². The molecule has 0 radical (unpaired) electrons. The first-order valence-electron chi connectivity index (χ1n) is 6.59. The number of hydrogen-bond donors (Lipinski definition) is 1. The van der Waals surface area contributed by atoms with Crippen molar-refractivity contribution in [3.05, 3.63) is 60.2 Å². The normalized spacial score (nSPS) is 16.2. The number of ether oxygens (including phenoxy) is 1. The molecule has 0 spiro atoms. The summed E-state index contributed by atoms with van der Waals surface area (Å²) in [5, 5.41) is 5.23. The Labute approximate surface area is 127 Å². The zero-order valence-corrected chi connectivity index (χ0v) is 12.4. The quantitative estimate of drug-likeness (QED) is 0.944. The maximum Gasteiger partial charge on any atom is 0.182 e. The molecule has 4 nitrogen and oxygen atoms in total. The molecule has 1 aliphatic heterocycles. The number of rotatable bonds is 3. The maximum atomic E-state index is 5.16. The number of hydrogen-bond acceptors (Lipinski definition) is 4. The summed E-state index contributed by atoms with van der Waals surface area (Å²) in [5.74, 6) is 1.65. The fraction of sp³-hybridized carbons (Fsp3) is 0.125. The van der Waals surface area contributed by atoms with Crippen molar-refractivity contribution in [3.63, 3.8) is 0 Å². The van der Waals surface area contributed by atoms with E-state index in [4.69, 9.17) is 4.74 Å². The average molecular weight is 297 g/mol. The molecule has 0 unspecified atom stereocenters. The highest BCUT2D eigenvalue weighted by molar-refractivity contribution is 8.14. The zero-order chi connectivity index (χ0) is 14.5. The van der Waals surface area contributed by atoms with E-state index in [1.54, 1.807) is 18.9 Å². The number of nitrogens with zero attached hydrogens (tertiary/aromatic N) is 2. The Morgan fingerprint density at radius 2 is 1.86 bits per heavy atom. The summed E-state index contributed by atoms with van der Waals surface area (Å²) in [6.07, 6.45) is 0. The summed E-state index contributed by atoms with van der Waals surface area (Å²) < 4.78 is 5.16. The van der Waals surface area contributed by atoms with Gasteiger partial charge in [-0.15, -0.1) is 0 Å². The molecule has 0 saturated carbocycles. The molecule has 1 N–H and O–H groups in total. The summed E-state index contributed by atoms with van der Waals surface area (Å²) in [6, 6.07) is 17.8. The molecule has 0 aliphatic carbocycles. The van der Waals surface area contributed by atoms with Crippen LogP contribution in [0, 0.1) is 0 Å². The Hall–Kier alpha value is -2.27. The van der Waals surface area contributed by atoms with Gasteiger partial charge in [0.05, 0.1) is 18.5 Å². The third kappa shape index (κ3) is 3.44. The number of para-hydroxylation sites is 1. The van der Waals surface area contributed by atoms with E-state index in [0.29, 0.717) is 0 Å². The van der Waals surface area contributed by atoms with Gasteiger partial charge >= 0.3 is 0 Å². The first-order valence-corrected chi connectivity index (χ1v) is 7.57. The molecule has 2 aromatic carbocycles. The molecule has 0 fully saturated rings. The number of thioether (sulfide) groups is 1. The van der Waals surface area contributed by atoms with Gasteiger partial charge in [0, 0.05) is 5.75 Å². The third-order valence-electron chi connectivity index (χ3n) is 3.04. The molecule has 5 heteroatoms. The van der Waals surface area contributed by atoms with Crippen LogP contribution in [-0.4, -0.2) is 23.7 Å². The highest BCUT2D eigenvalue weighted by Crippen LogP contribution is 2.19. The standard InChI is InChI=1S/C16H15N3OS/c1-20-14-9-7-12(8-10-14)15-11-21-16(19-18-15)17-13-5-3-2-4-6-13/h2-10H,11H2,1H3,(H,17,19). The van der Waals surface area contributed by atoms with Crippen LogP contribution in [0.4, 0.5) is 5.69 Å². The van der Waals surface area contributed by atoms with Crippen molar-refractivity contribution in [1.82, 2.24) is 5.43 Å². The lowest BCUT2D eigenvalue weighted by Gasteiger charge is -2.15. The van der Waals surface area contributed by atoms with Gasteiger partial charge in [-0.3, -0.25) is 5.43 Å². The Morgan fingerprint density at radius 1 is 1.10 bits per heavy atom. The van der Waals surface area contributed by atoms with Crippen LogP contribution in [0.3, 0.4) is 0 Å². The lowest BCUT2D eigenvalue weighted by Crippen LogP contribution is -2.25. The second-order valence-electron chi connectivity index (χ2n) is 4.44. The van der Waals surface area contributed by atoms with Crippen molar-refractivity contribution in [2.75, 3.05) is 12.9 Å². The van der Waals surface area contributed by atoms with Gasteiger partial charge in [0.25, 0.3) is 0 Å². The monoisotopic (exact) mass is 297 g/mol. The second kappa shape index (κ2) is 6.45. The fourth-order valence-electron chi connectivity index (χ4n) is 1.92.